The van der Waals surface area contributed by atoms with Crippen molar-refractivity contribution in [2.45, 2.75) is 23.8 Å². The minimum absolute atomic E-state index is 0. The Labute approximate surface area is 123 Å². The van der Waals surface area contributed by atoms with Crippen LogP contribution in [0.25, 0.3) is 0 Å². The number of nitrogens with two attached hydrogens (primary N) is 1. The molecule has 108 valence electrons. The highest BCUT2D eigenvalue weighted by Gasteiger charge is 2.24. The van der Waals surface area contributed by atoms with Gasteiger partial charge in [-0.15, -0.1) is 12.4 Å². The summed E-state index contributed by atoms with van der Waals surface area (Å²) in [6.07, 6.45) is 3.06. The quantitative estimate of drug-likeness (QED) is 0.762. The number of nitrogens with one attached hydrogen (secondary N) is 2. The molecule has 2 rings (SSSR count). The Morgan fingerprint density at radius 2 is 2.26 bits per heavy atom. The van der Waals surface area contributed by atoms with Crippen molar-refractivity contribution in [1.82, 2.24) is 15.0 Å². The van der Waals surface area contributed by atoms with Crippen molar-refractivity contribution >= 4 is 39.8 Å². The first-order chi connectivity index (χ1) is 8.49. The van der Waals surface area contributed by atoms with Gasteiger partial charge in [-0.2, -0.15) is 0 Å². The molecule has 2 heterocycles. The van der Waals surface area contributed by atoms with Crippen molar-refractivity contribution in [2.75, 3.05) is 18.8 Å². The molecule has 0 aliphatic carbocycles. The van der Waals surface area contributed by atoms with Gasteiger partial charge in [0.25, 0.3) is 0 Å². The Balaban J connectivity index is 0.00000180. The molecule has 0 spiro atoms. The van der Waals surface area contributed by atoms with E-state index in [1.807, 2.05) is 0 Å². The molecule has 0 bridgehead atoms. The van der Waals surface area contributed by atoms with Gasteiger partial charge in [0.05, 0.1) is 5.02 Å². The van der Waals surface area contributed by atoms with Crippen LogP contribution in [0, 0.1) is 0 Å². The van der Waals surface area contributed by atoms with Crippen molar-refractivity contribution in [3.05, 3.63) is 17.3 Å². The van der Waals surface area contributed by atoms with Gasteiger partial charge in [-0.05, 0) is 25.5 Å². The summed E-state index contributed by atoms with van der Waals surface area (Å²) >= 11 is 5.74. The minimum atomic E-state index is -3.68. The van der Waals surface area contributed by atoms with Crippen molar-refractivity contribution in [2.24, 2.45) is 0 Å². The van der Waals surface area contributed by atoms with Crippen LogP contribution in [-0.4, -0.2) is 32.5 Å². The molecule has 1 aliphatic heterocycles. The monoisotopic (exact) mass is 326 g/mol. The van der Waals surface area contributed by atoms with E-state index in [0.717, 1.165) is 19.4 Å². The summed E-state index contributed by atoms with van der Waals surface area (Å²) in [6, 6.07) is 1.18. The van der Waals surface area contributed by atoms with Gasteiger partial charge in [0.15, 0.2) is 0 Å². The van der Waals surface area contributed by atoms with Gasteiger partial charge in [0.1, 0.15) is 10.7 Å². The maximum atomic E-state index is 12.2. The molecule has 9 heteroatoms. The Hall–Kier alpha value is -0.600. The van der Waals surface area contributed by atoms with Crippen molar-refractivity contribution in [3.63, 3.8) is 0 Å². The molecular weight excluding hydrogens is 311 g/mol. The highest BCUT2D eigenvalue weighted by atomic mass is 35.5. The maximum Gasteiger partial charge on any atom is 0.244 e. The van der Waals surface area contributed by atoms with Gasteiger partial charge >= 0.3 is 0 Å². The van der Waals surface area contributed by atoms with Crippen molar-refractivity contribution in [3.8, 4) is 0 Å². The van der Waals surface area contributed by atoms with Gasteiger partial charge in [0.2, 0.25) is 10.0 Å². The molecule has 1 aliphatic rings. The molecule has 0 radical (unpaired) electrons. The molecular formula is C10H16Cl2N4O2S. The van der Waals surface area contributed by atoms with Crippen molar-refractivity contribution < 1.29 is 8.42 Å². The molecule has 1 atom stereocenters. The maximum absolute atomic E-state index is 12.2. The lowest BCUT2D eigenvalue weighted by atomic mass is 10.1. The molecule has 0 amide bonds. The number of sulfonamides is 1. The van der Waals surface area contributed by atoms with E-state index in [4.69, 9.17) is 17.3 Å². The first-order valence-electron chi connectivity index (χ1n) is 5.63. The summed E-state index contributed by atoms with van der Waals surface area (Å²) in [5.41, 5.74) is 5.58. The fourth-order valence-corrected chi connectivity index (χ4v) is 3.48. The van der Waals surface area contributed by atoms with Gasteiger partial charge in [-0.25, -0.2) is 18.1 Å². The van der Waals surface area contributed by atoms with E-state index in [1.54, 1.807) is 0 Å². The topological polar surface area (TPSA) is 97.1 Å². The van der Waals surface area contributed by atoms with Crippen molar-refractivity contribution in [1.29, 1.82) is 0 Å². The van der Waals surface area contributed by atoms with Crippen LogP contribution in [0.3, 0.4) is 0 Å². The minimum Gasteiger partial charge on any atom is -0.383 e. The van der Waals surface area contributed by atoms with Crippen LogP contribution in [0.2, 0.25) is 5.02 Å². The Morgan fingerprint density at radius 1 is 1.53 bits per heavy atom. The molecule has 0 saturated carbocycles. The number of hydrogen-bond donors (Lipinski definition) is 3. The smallest absolute Gasteiger partial charge is 0.244 e. The average molecular weight is 327 g/mol. The molecule has 1 aromatic rings. The predicted octanol–water partition coefficient (Wildman–Crippen LogP) is 0.769. The second kappa shape index (κ2) is 6.71. The zero-order valence-electron chi connectivity index (χ0n) is 10.1. The summed E-state index contributed by atoms with van der Waals surface area (Å²) in [6.45, 7) is 1.53. The molecule has 19 heavy (non-hydrogen) atoms. The lowest BCUT2D eigenvalue weighted by molar-refractivity contribution is 0.428. The number of piperidine rings is 1. The average Bonchev–Trinajstić information content (AvgIpc) is 2.33. The third kappa shape index (κ3) is 4.19. The van der Waals surface area contributed by atoms with E-state index in [-0.39, 0.29) is 34.2 Å². The summed E-state index contributed by atoms with van der Waals surface area (Å²) in [7, 11) is -3.68. The molecule has 1 unspecified atom stereocenters. The molecule has 1 aromatic heterocycles. The number of halogens is 2. The fourth-order valence-electron chi connectivity index (χ4n) is 1.88. The fraction of sp³-hybridized carbons (Fsp3) is 0.500. The third-order valence-corrected chi connectivity index (χ3v) is 4.51. The third-order valence-electron chi connectivity index (χ3n) is 2.76. The number of rotatable bonds is 3. The first kappa shape index (κ1) is 16.5. The van der Waals surface area contributed by atoms with Gasteiger partial charge in [-0.3, -0.25) is 0 Å². The van der Waals surface area contributed by atoms with E-state index >= 15 is 0 Å². The summed E-state index contributed by atoms with van der Waals surface area (Å²) in [5.74, 6) is -0.0457. The number of hydrogen-bond acceptors (Lipinski definition) is 5. The predicted molar refractivity (Wildman–Crippen MR) is 77.1 cm³/mol. The van der Waals surface area contributed by atoms with Gasteiger partial charge in [0, 0.05) is 18.8 Å². The zero-order valence-corrected chi connectivity index (χ0v) is 12.5. The normalized spacial score (nSPS) is 19.7. The Kier molecular flexibility index (Phi) is 5.82. The lowest BCUT2D eigenvalue weighted by Crippen LogP contribution is -2.45. The standard InChI is InChI=1S/C10H15ClN4O2S.ClH/c11-7-4-9(10(12)14-5-7)18(16,17)15-8-2-1-3-13-6-8;/h4-5,8,13,15H,1-3,6H2,(H2,12,14);1H. The van der Waals surface area contributed by atoms with E-state index in [2.05, 4.69) is 15.0 Å². The second-order valence-corrected chi connectivity index (χ2v) is 6.32. The summed E-state index contributed by atoms with van der Waals surface area (Å²) in [5, 5.41) is 3.38. The molecule has 1 saturated heterocycles. The first-order valence-corrected chi connectivity index (χ1v) is 7.49. The second-order valence-electron chi connectivity index (χ2n) is 4.20. The van der Waals surface area contributed by atoms with Crippen LogP contribution in [0.1, 0.15) is 12.8 Å². The number of nitrogens with zero attached hydrogens (tertiary/aromatic N) is 1. The highest BCUT2D eigenvalue weighted by molar-refractivity contribution is 7.89. The van der Waals surface area contributed by atoms with Crippen LogP contribution in [0.15, 0.2) is 17.2 Å². The number of anilines is 1. The largest absolute Gasteiger partial charge is 0.383 e. The molecule has 0 aromatic carbocycles. The van der Waals surface area contributed by atoms with Crippen LogP contribution >= 0.6 is 24.0 Å². The van der Waals surface area contributed by atoms with Gasteiger partial charge < -0.3 is 11.1 Å². The molecule has 4 N–H and O–H groups in total. The molecule has 1 fully saturated rings. The van der Waals surface area contributed by atoms with E-state index in [9.17, 15) is 8.42 Å². The van der Waals surface area contributed by atoms with E-state index < -0.39 is 10.0 Å². The van der Waals surface area contributed by atoms with Crippen LogP contribution in [0.4, 0.5) is 5.82 Å². The lowest BCUT2D eigenvalue weighted by Gasteiger charge is -2.23. The zero-order chi connectivity index (χ0) is 13.2. The number of nitrogen functional groups attached to an aromatic ring is 1. The SMILES string of the molecule is Cl.Nc1ncc(Cl)cc1S(=O)(=O)NC1CCCNC1. The number of aromatic nitrogens is 1. The summed E-state index contributed by atoms with van der Waals surface area (Å²) < 4.78 is 26.9. The van der Waals surface area contributed by atoms with Gasteiger partial charge in [-0.1, -0.05) is 11.6 Å². The Morgan fingerprint density at radius 3 is 2.89 bits per heavy atom. The van der Waals surface area contributed by atoms with E-state index in [1.165, 1.54) is 12.3 Å². The molecule has 6 nitrogen and oxygen atoms in total. The van der Waals surface area contributed by atoms with Crippen LogP contribution in [-0.2, 0) is 10.0 Å². The summed E-state index contributed by atoms with van der Waals surface area (Å²) in [4.78, 5) is 3.68. The van der Waals surface area contributed by atoms with Crippen LogP contribution < -0.4 is 15.8 Å². The Bertz CT molecular complexity index is 532. The van der Waals surface area contributed by atoms with E-state index in [0.29, 0.717) is 6.54 Å². The van der Waals surface area contributed by atoms with Crippen LogP contribution in [0.5, 0.6) is 0 Å². The number of pyridine rings is 1. The highest BCUT2D eigenvalue weighted by Crippen LogP contribution is 2.20.